The van der Waals surface area contributed by atoms with Crippen LogP contribution in [0.4, 0.5) is 4.79 Å². The van der Waals surface area contributed by atoms with Crippen molar-refractivity contribution in [1.82, 2.24) is 15.5 Å². The maximum atomic E-state index is 13.3. The maximum absolute atomic E-state index is 13.3. The Morgan fingerprint density at radius 1 is 0.912 bits per heavy atom. The summed E-state index contributed by atoms with van der Waals surface area (Å²) in [4.78, 5) is 40.4. The highest BCUT2D eigenvalue weighted by Crippen LogP contribution is 2.23. The molecule has 1 rings (SSSR count). The van der Waals surface area contributed by atoms with Gasteiger partial charge in [0.05, 0.1) is 0 Å². The number of benzene rings is 1. The SMILES string of the molecule is CCCCCCN(C(=O)CNC(=O)OC(C)(C)C)C(C(=O)NCCCC)c1ccc(CC)cc1. The largest absolute Gasteiger partial charge is 0.444 e. The van der Waals surface area contributed by atoms with E-state index in [0.717, 1.165) is 50.5 Å². The number of ether oxygens (including phenoxy) is 1. The van der Waals surface area contributed by atoms with Gasteiger partial charge < -0.3 is 20.3 Å². The number of carbonyl (C=O) groups excluding carboxylic acids is 3. The zero-order valence-corrected chi connectivity index (χ0v) is 22.0. The molecule has 1 atom stereocenters. The van der Waals surface area contributed by atoms with E-state index >= 15 is 0 Å². The lowest BCUT2D eigenvalue weighted by atomic mass is 10.0. The first-order valence-electron chi connectivity index (χ1n) is 12.8. The van der Waals surface area contributed by atoms with Crippen molar-refractivity contribution in [3.63, 3.8) is 0 Å². The summed E-state index contributed by atoms with van der Waals surface area (Å²) in [6.45, 7) is 12.4. The van der Waals surface area contributed by atoms with Gasteiger partial charge in [-0.15, -0.1) is 0 Å². The summed E-state index contributed by atoms with van der Waals surface area (Å²) in [5, 5.41) is 5.55. The van der Waals surface area contributed by atoms with E-state index < -0.39 is 17.7 Å². The number of amides is 3. The van der Waals surface area contributed by atoms with Crippen LogP contribution < -0.4 is 10.6 Å². The second kappa shape index (κ2) is 15.4. The fourth-order valence-corrected chi connectivity index (χ4v) is 3.56. The van der Waals surface area contributed by atoms with E-state index in [0.29, 0.717) is 13.1 Å². The van der Waals surface area contributed by atoms with E-state index in [-0.39, 0.29) is 18.4 Å². The van der Waals surface area contributed by atoms with Crippen LogP contribution in [-0.4, -0.2) is 48.0 Å². The van der Waals surface area contributed by atoms with Gasteiger partial charge in [-0.2, -0.15) is 0 Å². The van der Waals surface area contributed by atoms with Gasteiger partial charge in [-0.3, -0.25) is 9.59 Å². The number of rotatable bonds is 14. The van der Waals surface area contributed by atoms with Crippen molar-refractivity contribution in [2.45, 2.75) is 98.1 Å². The standard InChI is InChI=1S/C27H45N3O4/c1-7-10-12-13-19-30(23(31)20-29-26(33)34-27(4,5)6)24(25(32)28-18-11-8-2)22-16-14-21(9-3)15-17-22/h14-17,24H,7-13,18-20H2,1-6H3,(H,28,32)(H,29,33). The van der Waals surface area contributed by atoms with Crippen LogP contribution in [-0.2, 0) is 20.7 Å². The van der Waals surface area contributed by atoms with Crippen LogP contribution in [0.15, 0.2) is 24.3 Å². The molecule has 1 unspecified atom stereocenters. The highest BCUT2D eigenvalue weighted by molar-refractivity contribution is 5.90. The fraction of sp³-hybridized carbons (Fsp3) is 0.667. The molecule has 1 aromatic rings. The van der Waals surface area contributed by atoms with E-state index in [4.69, 9.17) is 4.74 Å². The third-order valence-electron chi connectivity index (χ3n) is 5.45. The minimum absolute atomic E-state index is 0.196. The summed E-state index contributed by atoms with van der Waals surface area (Å²) in [5.41, 5.74) is 1.28. The molecule has 1 aromatic carbocycles. The molecule has 0 aliphatic rings. The zero-order chi connectivity index (χ0) is 25.6. The molecule has 0 fully saturated rings. The molecular weight excluding hydrogens is 430 g/mol. The maximum Gasteiger partial charge on any atom is 0.408 e. The summed E-state index contributed by atoms with van der Waals surface area (Å²) in [7, 11) is 0. The lowest BCUT2D eigenvalue weighted by Gasteiger charge is -2.32. The van der Waals surface area contributed by atoms with Crippen LogP contribution in [0.2, 0.25) is 0 Å². The molecule has 0 heterocycles. The second-order valence-corrected chi connectivity index (χ2v) is 9.65. The number of hydrogen-bond acceptors (Lipinski definition) is 4. The summed E-state index contributed by atoms with van der Waals surface area (Å²) in [6, 6.07) is 7.10. The van der Waals surface area contributed by atoms with Gasteiger partial charge in [0.1, 0.15) is 18.2 Å². The molecule has 3 amide bonds. The second-order valence-electron chi connectivity index (χ2n) is 9.65. The summed E-state index contributed by atoms with van der Waals surface area (Å²) in [5.74, 6) is -0.503. The van der Waals surface area contributed by atoms with E-state index in [9.17, 15) is 14.4 Å². The summed E-state index contributed by atoms with van der Waals surface area (Å²) < 4.78 is 5.26. The van der Waals surface area contributed by atoms with Gasteiger partial charge in [0.25, 0.3) is 0 Å². The van der Waals surface area contributed by atoms with Gasteiger partial charge in [0.15, 0.2) is 0 Å². The molecule has 2 N–H and O–H groups in total. The number of aryl methyl sites for hydroxylation is 1. The molecule has 0 aliphatic carbocycles. The Balaban J connectivity index is 3.15. The molecule has 7 heteroatoms. The van der Waals surface area contributed by atoms with Gasteiger partial charge in [-0.25, -0.2) is 4.79 Å². The minimum Gasteiger partial charge on any atom is -0.444 e. The molecule has 0 radical (unpaired) electrons. The van der Waals surface area contributed by atoms with Crippen molar-refractivity contribution in [3.8, 4) is 0 Å². The molecule has 0 aliphatic heterocycles. The van der Waals surface area contributed by atoms with Gasteiger partial charge in [-0.1, -0.05) is 70.7 Å². The van der Waals surface area contributed by atoms with E-state index in [1.54, 1.807) is 25.7 Å². The Morgan fingerprint density at radius 3 is 2.12 bits per heavy atom. The minimum atomic E-state index is -0.752. The molecule has 0 bridgehead atoms. The van der Waals surface area contributed by atoms with Crippen LogP contribution in [0.1, 0.15) is 97.2 Å². The number of carbonyl (C=O) groups is 3. The van der Waals surface area contributed by atoms with E-state index in [2.05, 4.69) is 31.4 Å². The van der Waals surface area contributed by atoms with Crippen molar-refractivity contribution in [2.75, 3.05) is 19.6 Å². The topological polar surface area (TPSA) is 87.7 Å². The lowest BCUT2D eigenvalue weighted by molar-refractivity contribution is -0.140. The lowest BCUT2D eigenvalue weighted by Crippen LogP contribution is -2.48. The van der Waals surface area contributed by atoms with Crippen LogP contribution in [0.25, 0.3) is 0 Å². The Kier molecular flexibility index (Phi) is 13.3. The quantitative estimate of drug-likeness (QED) is 0.365. The highest BCUT2D eigenvalue weighted by atomic mass is 16.6. The molecule has 0 aromatic heterocycles. The number of hydrogen-bond donors (Lipinski definition) is 2. The summed E-state index contributed by atoms with van der Waals surface area (Å²) >= 11 is 0. The molecule has 0 saturated carbocycles. The third kappa shape index (κ3) is 11.0. The van der Waals surface area contributed by atoms with Crippen molar-refractivity contribution >= 4 is 17.9 Å². The molecule has 0 saturated heterocycles. The van der Waals surface area contributed by atoms with Crippen LogP contribution >= 0.6 is 0 Å². The monoisotopic (exact) mass is 475 g/mol. The van der Waals surface area contributed by atoms with Gasteiger partial charge in [-0.05, 0) is 51.2 Å². The predicted octanol–water partition coefficient (Wildman–Crippen LogP) is 5.14. The van der Waals surface area contributed by atoms with Crippen molar-refractivity contribution in [2.24, 2.45) is 0 Å². The first-order valence-corrected chi connectivity index (χ1v) is 12.8. The molecule has 0 spiro atoms. The fourth-order valence-electron chi connectivity index (χ4n) is 3.56. The van der Waals surface area contributed by atoms with Crippen molar-refractivity contribution < 1.29 is 19.1 Å². The Hall–Kier alpha value is -2.57. The average molecular weight is 476 g/mol. The van der Waals surface area contributed by atoms with E-state index in [1.807, 2.05) is 24.3 Å². The number of nitrogens with one attached hydrogen (secondary N) is 2. The molecule has 34 heavy (non-hydrogen) atoms. The normalized spacial score (nSPS) is 12.1. The Morgan fingerprint density at radius 2 is 1.56 bits per heavy atom. The predicted molar refractivity (Wildman–Crippen MR) is 137 cm³/mol. The number of nitrogens with zero attached hydrogens (tertiary/aromatic N) is 1. The molecular formula is C27H45N3O4. The van der Waals surface area contributed by atoms with E-state index in [1.165, 1.54) is 5.56 Å². The number of unbranched alkanes of at least 4 members (excludes halogenated alkanes) is 4. The zero-order valence-electron chi connectivity index (χ0n) is 22.0. The third-order valence-corrected chi connectivity index (χ3v) is 5.45. The average Bonchev–Trinajstić information content (AvgIpc) is 2.78. The van der Waals surface area contributed by atoms with Crippen LogP contribution in [0.3, 0.4) is 0 Å². The highest BCUT2D eigenvalue weighted by Gasteiger charge is 2.31. The summed E-state index contributed by atoms with van der Waals surface area (Å²) in [6.07, 6.45) is 5.99. The number of alkyl carbamates (subject to hydrolysis) is 1. The van der Waals surface area contributed by atoms with Gasteiger partial charge in [0, 0.05) is 13.1 Å². The van der Waals surface area contributed by atoms with Crippen LogP contribution in [0.5, 0.6) is 0 Å². The van der Waals surface area contributed by atoms with Crippen LogP contribution in [0, 0.1) is 0 Å². The Labute approximate surface area is 206 Å². The molecule has 7 nitrogen and oxygen atoms in total. The first-order chi connectivity index (χ1) is 16.1. The van der Waals surface area contributed by atoms with Crippen molar-refractivity contribution in [3.05, 3.63) is 35.4 Å². The first kappa shape index (κ1) is 29.5. The molecule has 192 valence electrons. The van der Waals surface area contributed by atoms with Crippen molar-refractivity contribution in [1.29, 1.82) is 0 Å². The van der Waals surface area contributed by atoms with Gasteiger partial charge >= 0.3 is 6.09 Å². The van der Waals surface area contributed by atoms with Gasteiger partial charge in [0.2, 0.25) is 11.8 Å². The Bertz CT molecular complexity index is 756. The smallest absolute Gasteiger partial charge is 0.408 e.